The second kappa shape index (κ2) is 6.46. The molecule has 0 bridgehead atoms. The molecular weight excluding hydrogens is 340 g/mol. The number of nitriles is 1. The average Bonchev–Trinajstić information content (AvgIpc) is 3.24. The molecule has 2 aromatic heterocycles. The number of cyclic esters (lactones) is 1. The number of aromatic nitrogens is 1. The number of benzene rings is 1. The fourth-order valence-corrected chi connectivity index (χ4v) is 3.15. The minimum absolute atomic E-state index is 0.214. The highest BCUT2D eigenvalue weighted by molar-refractivity contribution is 6.14. The topological polar surface area (TPSA) is 70.1 Å². The van der Waals surface area contributed by atoms with Crippen LogP contribution in [0.5, 0.6) is 0 Å². The highest BCUT2D eigenvalue weighted by Crippen LogP contribution is 2.30. The van der Waals surface area contributed by atoms with Gasteiger partial charge in [0, 0.05) is 25.9 Å². The minimum Gasteiger partial charge on any atom is -0.402 e. The highest BCUT2D eigenvalue weighted by atomic mass is 16.6. The molecule has 0 atom stereocenters. The highest BCUT2D eigenvalue weighted by Gasteiger charge is 2.30. The Balaban J connectivity index is 1.95. The largest absolute Gasteiger partial charge is 0.402 e. The first-order valence-electron chi connectivity index (χ1n) is 8.38. The summed E-state index contributed by atoms with van der Waals surface area (Å²) in [4.78, 5) is 18.9. The first-order chi connectivity index (χ1) is 13.1. The third kappa shape index (κ3) is 2.75. The average molecular weight is 356 g/mol. The molecule has 0 unspecified atom stereocenters. The van der Waals surface area contributed by atoms with Gasteiger partial charge in [0.1, 0.15) is 6.07 Å². The van der Waals surface area contributed by atoms with Crippen molar-refractivity contribution in [3.8, 4) is 6.07 Å². The van der Waals surface area contributed by atoms with Crippen LogP contribution >= 0.6 is 0 Å². The van der Waals surface area contributed by atoms with E-state index in [2.05, 4.69) is 11.1 Å². The molecule has 3 aromatic rings. The SMILES string of the molecule is CN(C)/C(=C1\N=C(c2ccccc2)OC1=O)c1cc(C#N)c2ccccn12. The summed E-state index contributed by atoms with van der Waals surface area (Å²) in [6.07, 6.45) is 1.86. The summed E-state index contributed by atoms with van der Waals surface area (Å²) in [6.45, 7) is 0. The van der Waals surface area contributed by atoms with E-state index in [0.717, 1.165) is 11.1 Å². The Morgan fingerprint density at radius 3 is 2.59 bits per heavy atom. The molecule has 4 rings (SSSR count). The predicted octanol–water partition coefficient (Wildman–Crippen LogP) is 3.04. The van der Waals surface area contributed by atoms with Gasteiger partial charge in [-0.05, 0) is 30.3 Å². The molecular formula is C21H16N4O2. The van der Waals surface area contributed by atoms with Crippen molar-refractivity contribution in [2.75, 3.05) is 14.1 Å². The maximum absolute atomic E-state index is 12.6. The van der Waals surface area contributed by atoms with E-state index >= 15 is 0 Å². The van der Waals surface area contributed by atoms with Gasteiger partial charge in [-0.25, -0.2) is 9.79 Å². The van der Waals surface area contributed by atoms with Crippen LogP contribution in [0.4, 0.5) is 0 Å². The zero-order chi connectivity index (χ0) is 19.0. The molecule has 0 fully saturated rings. The second-order valence-corrected chi connectivity index (χ2v) is 6.28. The Labute approximate surface area is 156 Å². The number of carbonyl (C=O) groups is 1. The molecule has 1 aliphatic rings. The Kier molecular flexibility index (Phi) is 3.98. The third-order valence-corrected chi connectivity index (χ3v) is 4.33. The van der Waals surface area contributed by atoms with E-state index in [1.165, 1.54) is 0 Å². The Hall–Kier alpha value is -3.85. The lowest BCUT2D eigenvalue weighted by Gasteiger charge is -2.18. The van der Waals surface area contributed by atoms with Crippen molar-refractivity contribution < 1.29 is 9.53 Å². The van der Waals surface area contributed by atoms with Gasteiger partial charge in [0.15, 0.2) is 5.70 Å². The summed E-state index contributed by atoms with van der Waals surface area (Å²) in [5.41, 5.74) is 3.55. The van der Waals surface area contributed by atoms with Gasteiger partial charge >= 0.3 is 5.97 Å². The molecule has 0 saturated carbocycles. The maximum Gasteiger partial charge on any atom is 0.366 e. The summed E-state index contributed by atoms with van der Waals surface area (Å²) >= 11 is 0. The van der Waals surface area contributed by atoms with E-state index in [-0.39, 0.29) is 11.6 Å². The van der Waals surface area contributed by atoms with Gasteiger partial charge in [-0.3, -0.25) is 0 Å². The number of aliphatic imine (C=N–C) groups is 1. The molecule has 0 radical (unpaired) electrons. The number of rotatable bonds is 3. The lowest BCUT2D eigenvalue weighted by molar-refractivity contribution is -0.130. The quantitative estimate of drug-likeness (QED) is 0.534. The van der Waals surface area contributed by atoms with E-state index in [1.807, 2.05) is 78.1 Å². The van der Waals surface area contributed by atoms with E-state index in [9.17, 15) is 10.1 Å². The van der Waals surface area contributed by atoms with Crippen LogP contribution in [0.25, 0.3) is 11.2 Å². The van der Waals surface area contributed by atoms with Gasteiger partial charge in [0.05, 0.1) is 22.5 Å². The molecule has 6 heteroatoms. The molecule has 3 heterocycles. The lowest BCUT2D eigenvalue weighted by Crippen LogP contribution is -2.16. The first kappa shape index (κ1) is 16.6. The van der Waals surface area contributed by atoms with Gasteiger partial charge in [-0.1, -0.05) is 24.3 Å². The van der Waals surface area contributed by atoms with Crippen LogP contribution < -0.4 is 0 Å². The second-order valence-electron chi connectivity index (χ2n) is 6.28. The normalized spacial score (nSPS) is 15.3. The molecule has 1 aliphatic heterocycles. The van der Waals surface area contributed by atoms with Crippen LogP contribution in [0.15, 0.2) is 71.5 Å². The van der Waals surface area contributed by atoms with Crippen molar-refractivity contribution in [3.63, 3.8) is 0 Å². The molecule has 27 heavy (non-hydrogen) atoms. The van der Waals surface area contributed by atoms with E-state index in [4.69, 9.17) is 4.74 Å². The predicted molar refractivity (Wildman–Crippen MR) is 102 cm³/mol. The fraction of sp³-hybridized carbons (Fsp3) is 0.0952. The minimum atomic E-state index is -0.512. The van der Waals surface area contributed by atoms with E-state index in [1.54, 1.807) is 6.07 Å². The molecule has 0 aliphatic carbocycles. The van der Waals surface area contributed by atoms with Crippen molar-refractivity contribution in [2.24, 2.45) is 4.99 Å². The smallest absolute Gasteiger partial charge is 0.366 e. The third-order valence-electron chi connectivity index (χ3n) is 4.33. The number of hydrogen-bond acceptors (Lipinski definition) is 5. The lowest BCUT2D eigenvalue weighted by atomic mass is 10.2. The van der Waals surface area contributed by atoms with E-state index in [0.29, 0.717) is 17.0 Å². The number of pyridine rings is 1. The summed E-state index contributed by atoms with van der Waals surface area (Å²) in [6, 6.07) is 18.9. The molecule has 0 amide bonds. The van der Waals surface area contributed by atoms with Crippen LogP contribution in [-0.2, 0) is 9.53 Å². The Morgan fingerprint density at radius 1 is 1.15 bits per heavy atom. The zero-order valence-electron chi connectivity index (χ0n) is 14.9. The van der Waals surface area contributed by atoms with Crippen LogP contribution in [0.2, 0.25) is 0 Å². The van der Waals surface area contributed by atoms with Crippen LogP contribution in [0.3, 0.4) is 0 Å². The maximum atomic E-state index is 12.6. The van der Waals surface area contributed by atoms with Crippen molar-refractivity contribution in [1.82, 2.24) is 9.30 Å². The van der Waals surface area contributed by atoms with Crippen molar-refractivity contribution >= 4 is 23.1 Å². The molecule has 1 aromatic carbocycles. The zero-order valence-corrected chi connectivity index (χ0v) is 14.9. The number of hydrogen-bond donors (Lipinski definition) is 0. The van der Waals surface area contributed by atoms with Crippen LogP contribution in [-0.4, -0.2) is 35.3 Å². The van der Waals surface area contributed by atoms with Gasteiger partial charge in [0.25, 0.3) is 0 Å². The van der Waals surface area contributed by atoms with Crippen molar-refractivity contribution in [1.29, 1.82) is 5.26 Å². The van der Waals surface area contributed by atoms with Crippen LogP contribution in [0.1, 0.15) is 16.8 Å². The summed E-state index contributed by atoms with van der Waals surface area (Å²) in [5.74, 6) is -0.238. The summed E-state index contributed by atoms with van der Waals surface area (Å²) in [7, 11) is 3.67. The standard InChI is InChI=1S/C21H16N4O2/c1-24(2)19(17-12-15(13-22)16-10-6-7-11-25(16)17)18-21(26)27-20(23-18)14-8-4-3-5-9-14/h3-12H,1-2H3/b19-18-. The molecule has 132 valence electrons. The Bertz CT molecular complexity index is 1150. The van der Waals surface area contributed by atoms with Crippen molar-refractivity contribution in [3.05, 3.63) is 83.3 Å². The molecule has 6 nitrogen and oxygen atoms in total. The molecule has 0 saturated heterocycles. The number of nitrogens with zero attached hydrogens (tertiary/aromatic N) is 4. The number of carbonyl (C=O) groups excluding carboxylic acids is 1. The molecule has 0 N–H and O–H groups in total. The van der Waals surface area contributed by atoms with Gasteiger partial charge in [-0.2, -0.15) is 5.26 Å². The Morgan fingerprint density at radius 2 is 1.89 bits per heavy atom. The molecule has 0 spiro atoms. The first-order valence-corrected chi connectivity index (χ1v) is 8.38. The summed E-state index contributed by atoms with van der Waals surface area (Å²) < 4.78 is 7.29. The summed E-state index contributed by atoms with van der Waals surface area (Å²) in [5, 5.41) is 9.47. The van der Waals surface area contributed by atoms with Crippen molar-refractivity contribution in [2.45, 2.75) is 0 Å². The fourth-order valence-electron chi connectivity index (χ4n) is 3.15. The van der Waals surface area contributed by atoms with E-state index < -0.39 is 5.97 Å². The monoisotopic (exact) mass is 356 g/mol. The van der Waals surface area contributed by atoms with Crippen LogP contribution in [0, 0.1) is 11.3 Å². The number of ether oxygens (including phenoxy) is 1. The number of esters is 1. The van der Waals surface area contributed by atoms with Gasteiger partial charge < -0.3 is 14.0 Å². The van der Waals surface area contributed by atoms with Gasteiger partial charge in [0.2, 0.25) is 5.90 Å². The number of fused-ring (bicyclic) bond motifs is 1. The van der Waals surface area contributed by atoms with Gasteiger partial charge in [-0.15, -0.1) is 0 Å².